The van der Waals surface area contributed by atoms with Crippen LogP contribution in [0.1, 0.15) is 41.8 Å². The van der Waals surface area contributed by atoms with Crippen molar-refractivity contribution in [3.63, 3.8) is 0 Å². The van der Waals surface area contributed by atoms with Gasteiger partial charge in [-0.2, -0.15) is 0 Å². The van der Waals surface area contributed by atoms with Crippen LogP contribution >= 0.6 is 0 Å². The van der Waals surface area contributed by atoms with E-state index in [-0.39, 0.29) is 11.3 Å². The fraction of sp³-hybridized carbons (Fsp3) is 0.500. The third kappa shape index (κ3) is 2.28. The van der Waals surface area contributed by atoms with Crippen LogP contribution in [0.3, 0.4) is 0 Å². The van der Waals surface area contributed by atoms with Gasteiger partial charge >= 0.3 is 0 Å². The highest BCUT2D eigenvalue weighted by atomic mass is 16.1. The number of aryl methyl sites for hydroxylation is 2. The fourth-order valence-electron chi connectivity index (χ4n) is 2.06. The van der Waals surface area contributed by atoms with Crippen LogP contribution in [0.5, 0.6) is 0 Å². The molecule has 17 heavy (non-hydrogen) atoms. The van der Waals surface area contributed by atoms with E-state index in [1.807, 2.05) is 19.9 Å². The molecule has 0 bridgehead atoms. The standard InChI is InChI=1S/C14H20N2O/c1-8-5-9(2)11(15)6-10(8)13(17)16-12-7-14(12,3)4/h5-6,12H,7,15H2,1-4H3,(H,16,17). The van der Waals surface area contributed by atoms with E-state index in [4.69, 9.17) is 5.73 Å². The van der Waals surface area contributed by atoms with Crippen LogP contribution in [0.2, 0.25) is 0 Å². The van der Waals surface area contributed by atoms with Crippen LogP contribution in [0, 0.1) is 19.3 Å². The highest BCUT2D eigenvalue weighted by Crippen LogP contribution is 2.44. The first-order valence-corrected chi connectivity index (χ1v) is 5.99. The first kappa shape index (κ1) is 12.0. The first-order chi connectivity index (χ1) is 7.81. The van der Waals surface area contributed by atoms with Gasteiger partial charge in [0.25, 0.3) is 5.91 Å². The van der Waals surface area contributed by atoms with Crippen molar-refractivity contribution in [1.29, 1.82) is 0 Å². The SMILES string of the molecule is Cc1cc(C)c(C(=O)NC2CC2(C)C)cc1N. The molecule has 1 aromatic carbocycles. The summed E-state index contributed by atoms with van der Waals surface area (Å²) in [5.41, 5.74) is 9.46. The van der Waals surface area contributed by atoms with Crippen molar-refractivity contribution in [1.82, 2.24) is 5.32 Å². The molecule has 0 saturated heterocycles. The molecule has 1 saturated carbocycles. The molecule has 0 aromatic heterocycles. The van der Waals surface area contributed by atoms with Gasteiger partial charge in [0.15, 0.2) is 0 Å². The number of rotatable bonds is 2. The maximum absolute atomic E-state index is 12.1. The molecule has 2 rings (SSSR count). The zero-order valence-electron chi connectivity index (χ0n) is 10.9. The Morgan fingerprint density at radius 2 is 1.94 bits per heavy atom. The van der Waals surface area contributed by atoms with Gasteiger partial charge in [0.05, 0.1) is 0 Å². The van der Waals surface area contributed by atoms with E-state index < -0.39 is 0 Å². The number of anilines is 1. The lowest BCUT2D eigenvalue weighted by Gasteiger charge is -2.11. The lowest BCUT2D eigenvalue weighted by molar-refractivity contribution is 0.0946. The van der Waals surface area contributed by atoms with Gasteiger partial charge in [0, 0.05) is 17.3 Å². The topological polar surface area (TPSA) is 55.1 Å². The van der Waals surface area contributed by atoms with Gasteiger partial charge in [-0.1, -0.05) is 19.9 Å². The summed E-state index contributed by atoms with van der Waals surface area (Å²) >= 11 is 0. The summed E-state index contributed by atoms with van der Waals surface area (Å²) in [7, 11) is 0. The number of nitrogens with one attached hydrogen (secondary N) is 1. The predicted octanol–water partition coefficient (Wildman–Crippen LogP) is 2.41. The maximum Gasteiger partial charge on any atom is 0.251 e. The van der Waals surface area contributed by atoms with Gasteiger partial charge in [-0.25, -0.2) is 0 Å². The Morgan fingerprint density at radius 1 is 1.35 bits per heavy atom. The molecule has 0 aliphatic heterocycles. The largest absolute Gasteiger partial charge is 0.398 e. The second kappa shape index (κ2) is 3.76. The third-order valence-corrected chi connectivity index (χ3v) is 3.68. The molecule has 0 radical (unpaired) electrons. The molecule has 3 N–H and O–H groups in total. The Morgan fingerprint density at radius 3 is 2.47 bits per heavy atom. The summed E-state index contributed by atoms with van der Waals surface area (Å²) in [4.78, 5) is 12.1. The fourth-order valence-corrected chi connectivity index (χ4v) is 2.06. The number of benzene rings is 1. The molecule has 1 aliphatic rings. The molecule has 1 fully saturated rings. The van der Waals surface area contributed by atoms with Crippen molar-refractivity contribution >= 4 is 11.6 Å². The number of hydrogen-bond donors (Lipinski definition) is 2. The van der Waals surface area contributed by atoms with E-state index in [1.165, 1.54) is 0 Å². The lowest BCUT2D eigenvalue weighted by atomic mass is 10.0. The van der Waals surface area contributed by atoms with Crippen LogP contribution in [0.25, 0.3) is 0 Å². The average Bonchev–Trinajstić information content (AvgIpc) is 2.79. The molecule has 3 heteroatoms. The van der Waals surface area contributed by atoms with Gasteiger partial charge in [0.2, 0.25) is 0 Å². The molecule has 1 unspecified atom stereocenters. The molecule has 0 spiro atoms. The van der Waals surface area contributed by atoms with E-state index in [2.05, 4.69) is 19.2 Å². The van der Waals surface area contributed by atoms with E-state index in [0.717, 1.165) is 17.5 Å². The molecule has 1 amide bonds. The highest BCUT2D eigenvalue weighted by Gasteiger charge is 2.46. The third-order valence-electron chi connectivity index (χ3n) is 3.68. The van der Waals surface area contributed by atoms with Crippen molar-refractivity contribution in [3.05, 3.63) is 28.8 Å². The predicted molar refractivity (Wildman–Crippen MR) is 70.0 cm³/mol. The molecule has 92 valence electrons. The second-order valence-electron chi connectivity index (χ2n) is 5.74. The molecule has 3 nitrogen and oxygen atoms in total. The number of amides is 1. The zero-order chi connectivity index (χ0) is 12.8. The van der Waals surface area contributed by atoms with Gasteiger partial charge in [-0.15, -0.1) is 0 Å². The first-order valence-electron chi connectivity index (χ1n) is 5.99. The normalized spacial score (nSPS) is 21.1. The van der Waals surface area contributed by atoms with Gasteiger partial charge in [-0.3, -0.25) is 4.79 Å². The van der Waals surface area contributed by atoms with Gasteiger partial charge in [0.1, 0.15) is 0 Å². The highest BCUT2D eigenvalue weighted by molar-refractivity contribution is 5.97. The Bertz CT molecular complexity index is 477. The van der Waals surface area contributed by atoms with Crippen molar-refractivity contribution in [2.45, 2.75) is 40.2 Å². The monoisotopic (exact) mass is 232 g/mol. The van der Waals surface area contributed by atoms with Crippen LogP contribution in [0.4, 0.5) is 5.69 Å². The van der Waals surface area contributed by atoms with E-state index in [0.29, 0.717) is 17.3 Å². The number of nitrogens with two attached hydrogens (primary N) is 1. The van der Waals surface area contributed by atoms with Crippen molar-refractivity contribution in [2.75, 3.05) is 5.73 Å². The summed E-state index contributed by atoms with van der Waals surface area (Å²) < 4.78 is 0. The molecular formula is C14H20N2O. The minimum Gasteiger partial charge on any atom is -0.398 e. The Labute approximate surface area is 102 Å². The zero-order valence-corrected chi connectivity index (χ0v) is 10.9. The molecular weight excluding hydrogens is 212 g/mol. The summed E-state index contributed by atoms with van der Waals surface area (Å²) in [6.07, 6.45) is 1.05. The quantitative estimate of drug-likeness (QED) is 0.769. The Kier molecular flexibility index (Phi) is 2.64. The van der Waals surface area contributed by atoms with Gasteiger partial charge < -0.3 is 11.1 Å². The Hall–Kier alpha value is -1.51. The number of carbonyl (C=O) groups is 1. The molecule has 1 aliphatic carbocycles. The molecule has 1 atom stereocenters. The van der Waals surface area contributed by atoms with Crippen LogP contribution in [-0.2, 0) is 0 Å². The lowest BCUT2D eigenvalue weighted by Crippen LogP contribution is -2.29. The van der Waals surface area contributed by atoms with Crippen LogP contribution in [0.15, 0.2) is 12.1 Å². The minimum atomic E-state index is -0.00947. The van der Waals surface area contributed by atoms with E-state index >= 15 is 0 Å². The minimum absolute atomic E-state index is 0.00947. The van der Waals surface area contributed by atoms with Crippen LogP contribution in [-0.4, -0.2) is 11.9 Å². The van der Waals surface area contributed by atoms with E-state index in [1.54, 1.807) is 6.07 Å². The number of nitrogen functional groups attached to an aromatic ring is 1. The number of carbonyl (C=O) groups excluding carboxylic acids is 1. The average molecular weight is 232 g/mol. The summed E-state index contributed by atoms with van der Waals surface area (Å²) in [6.45, 7) is 8.22. The van der Waals surface area contributed by atoms with Crippen LogP contribution < -0.4 is 11.1 Å². The van der Waals surface area contributed by atoms with Crippen molar-refractivity contribution < 1.29 is 4.79 Å². The maximum atomic E-state index is 12.1. The van der Waals surface area contributed by atoms with Crippen molar-refractivity contribution in [3.8, 4) is 0 Å². The van der Waals surface area contributed by atoms with E-state index in [9.17, 15) is 4.79 Å². The second-order valence-corrected chi connectivity index (χ2v) is 5.74. The number of hydrogen-bond acceptors (Lipinski definition) is 2. The Balaban J connectivity index is 2.17. The molecule has 0 heterocycles. The summed E-state index contributed by atoms with van der Waals surface area (Å²) in [5.74, 6) is -0.00947. The van der Waals surface area contributed by atoms with Gasteiger partial charge in [-0.05, 0) is 42.9 Å². The summed E-state index contributed by atoms with van der Waals surface area (Å²) in [5, 5.41) is 3.05. The smallest absolute Gasteiger partial charge is 0.251 e. The van der Waals surface area contributed by atoms with Crippen molar-refractivity contribution in [2.24, 2.45) is 5.41 Å². The summed E-state index contributed by atoms with van der Waals surface area (Å²) in [6, 6.07) is 4.04. The molecule has 1 aromatic rings.